The molecule has 4 heterocycles. The Labute approximate surface area is 164 Å². The Morgan fingerprint density at radius 2 is 1.96 bits per heavy atom. The molecule has 1 fully saturated rings. The molecule has 0 spiro atoms. The lowest BCUT2D eigenvalue weighted by Gasteiger charge is -2.36. The van der Waals surface area contributed by atoms with Crippen LogP contribution in [0.1, 0.15) is 23.7 Å². The van der Waals surface area contributed by atoms with Gasteiger partial charge < -0.3 is 9.64 Å². The molecule has 0 N–H and O–H groups in total. The van der Waals surface area contributed by atoms with E-state index in [1.165, 1.54) is 21.2 Å². The zero-order chi connectivity index (χ0) is 18.1. The monoisotopic (exact) mass is 379 g/mol. The van der Waals surface area contributed by atoms with E-state index in [-0.39, 0.29) is 6.10 Å². The summed E-state index contributed by atoms with van der Waals surface area (Å²) < 4.78 is 7.41. The van der Waals surface area contributed by atoms with Crippen molar-refractivity contribution in [1.82, 2.24) is 9.88 Å². The van der Waals surface area contributed by atoms with Crippen LogP contribution in [0, 0.1) is 0 Å². The SMILES string of the molecule is c1ccc2c(c1)CCOC2CCN1CCN(c2nccc3sccc23)CC1. The summed E-state index contributed by atoms with van der Waals surface area (Å²) >= 11 is 1.79. The first-order valence-electron chi connectivity index (χ1n) is 9.87. The van der Waals surface area contributed by atoms with E-state index in [9.17, 15) is 0 Å². The number of pyridine rings is 1. The van der Waals surface area contributed by atoms with Crippen LogP contribution in [0.15, 0.2) is 48.0 Å². The molecule has 0 saturated carbocycles. The molecule has 5 heteroatoms. The number of fused-ring (bicyclic) bond motifs is 2. The number of hydrogen-bond acceptors (Lipinski definition) is 5. The van der Waals surface area contributed by atoms with Crippen LogP contribution in [-0.2, 0) is 11.2 Å². The van der Waals surface area contributed by atoms with Gasteiger partial charge in [0.05, 0.1) is 12.7 Å². The molecule has 0 aliphatic carbocycles. The van der Waals surface area contributed by atoms with E-state index in [4.69, 9.17) is 4.74 Å². The van der Waals surface area contributed by atoms with Crippen molar-refractivity contribution in [1.29, 1.82) is 0 Å². The fourth-order valence-corrected chi connectivity index (χ4v) is 5.11. The maximum atomic E-state index is 6.08. The Hall–Kier alpha value is -1.95. The van der Waals surface area contributed by atoms with E-state index in [0.717, 1.165) is 58.0 Å². The van der Waals surface area contributed by atoms with Gasteiger partial charge in [-0.05, 0) is 41.5 Å². The highest BCUT2D eigenvalue weighted by Gasteiger charge is 2.23. The van der Waals surface area contributed by atoms with Crippen molar-refractivity contribution in [2.75, 3.05) is 44.2 Å². The standard InChI is InChI=1S/C22H25N3OS/c1-2-4-18-17(3-1)7-15-26-20(18)6-10-24-11-13-25(14-12-24)22-19-8-16-27-21(19)5-9-23-22/h1-5,8-9,16,20H,6-7,10-15H2. The minimum Gasteiger partial charge on any atom is -0.373 e. The van der Waals surface area contributed by atoms with Gasteiger partial charge in [0.2, 0.25) is 0 Å². The first kappa shape index (κ1) is 17.2. The van der Waals surface area contributed by atoms with Crippen molar-refractivity contribution >= 4 is 27.2 Å². The molecular formula is C22H25N3OS. The Morgan fingerprint density at radius 3 is 2.89 bits per heavy atom. The number of aromatic nitrogens is 1. The summed E-state index contributed by atoms with van der Waals surface area (Å²) in [4.78, 5) is 9.68. The van der Waals surface area contributed by atoms with Crippen molar-refractivity contribution in [3.05, 3.63) is 59.1 Å². The van der Waals surface area contributed by atoms with Crippen molar-refractivity contribution in [3.8, 4) is 0 Å². The predicted molar refractivity (Wildman–Crippen MR) is 112 cm³/mol. The van der Waals surface area contributed by atoms with Gasteiger partial charge >= 0.3 is 0 Å². The molecule has 2 aromatic heterocycles. The highest BCUT2D eigenvalue weighted by atomic mass is 32.1. The summed E-state index contributed by atoms with van der Waals surface area (Å²) in [7, 11) is 0. The van der Waals surface area contributed by atoms with Crippen LogP contribution in [0.25, 0.3) is 10.1 Å². The number of piperazine rings is 1. The van der Waals surface area contributed by atoms with Crippen LogP contribution in [0.2, 0.25) is 0 Å². The normalized spacial score (nSPS) is 20.7. The minimum absolute atomic E-state index is 0.259. The van der Waals surface area contributed by atoms with Gasteiger partial charge in [-0.15, -0.1) is 11.3 Å². The third-order valence-corrected chi connectivity index (χ3v) is 6.71. The summed E-state index contributed by atoms with van der Waals surface area (Å²) in [5, 5.41) is 3.46. The van der Waals surface area contributed by atoms with Crippen molar-refractivity contribution in [2.45, 2.75) is 18.9 Å². The van der Waals surface area contributed by atoms with Crippen molar-refractivity contribution in [3.63, 3.8) is 0 Å². The lowest BCUT2D eigenvalue weighted by Crippen LogP contribution is -2.47. The van der Waals surface area contributed by atoms with Crippen LogP contribution >= 0.6 is 11.3 Å². The fraction of sp³-hybridized carbons (Fsp3) is 0.409. The third-order valence-electron chi connectivity index (χ3n) is 5.83. The van der Waals surface area contributed by atoms with E-state index < -0.39 is 0 Å². The average Bonchev–Trinajstić information content (AvgIpc) is 3.22. The van der Waals surface area contributed by atoms with Crippen LogP contribution < -0.4 is 4.90 Å². The maximum absolute atomic E-state index is 6.08. The second-order valence-electron chi connectivity index (χ2n) is 7.39. The summed E-state index contributed by atoms with van der Waals surface area (Å²) in [6, 6.07) is 13.1. The summed E-state index contributed by atoms with van der Waals surface area (Å²) in [6.07, 6.45) is 4.33. The molecule has 2 aliphatic rings. The van der Waals surface area contributed by atoms with E-state index in [2.05, 4.69) is 56.6 Å². The number of thiophene rings is 1. The van der Waals surface area contributed by atoms with Crippen LogP contribution in [-0.4, -0.2) is 49.2 Å². The van der Waals surface area contributed by atoms with Gasteiger partial charge in [-0.25, -0.2) is 4.98 Å². The summed E-state index contributed by atoms with van der Waals surface area (Å²) in [5.41, 5.74) is 2.87. The topological polar surface area (TPSA) is 28.6 Å². The molecule has 0 amide bonds. The lowest BCUT2D eigenvalue weighted by atomic mass is 9.95. The Kier molecular flexibility index (Phi) is 4.82. The quantitative estimate of drug-likeness (QED) is 0.682. The predicted octanol–water partition coefficient (Wildman–Crippen LogP) is 4.12. The molecule has 0 bridgehead atoms. The van der Waals surface area contributed by atoms with E-state index in [1.54, 1.807) is 11.3 Å². The molecule has 1 unspecified atom stereocenters. The number of rotatable bonds is 4. The second-order valence-corrected chi connectivity index (χ2v) is 8.34. The molecular weight excluding hydrogens is 354 g/mol. The van der Waals surface area contributed by atoms with Crippen LogP contribution in [0.5, 0.6) is 0 Å². The van der Waals surface area contributed by atoms with E-state index in [0.29, 0.717) is 0 Å². The molecule has 4 nitrogen and oxygen atoms in total. The largest absolute Gasteiger partial charge is 0.373 e. The van der Waals surface area contributed by atoms with Gasteiger partial charge in [0.25, 0.3) is 0 Å². The Balaban J connectivity index is 1.19. The number of nitrogens with zero attached hydrogens (tertiary/aromatic N) is 3. The van der Waals surface area contributed by atoms with Crippen LogP contribution in [0.4, 0.5) is 5.82 Å². The van der Waals surface area contributed by atoms with E-state index >= 15 is 0 Å². The smallest absolute Gasteiger partial charge is 0.137 e. The van der Waals surface area contributed by atoms with E-state index in [1.807, 2.05) is 6.20 Å². The van der Waals surface area contributed by atoms with Gasteiger partial charge in [-0.1, -0.05) is 24.3 Å². The van der Waals surface area contributed by atoms with Gasteiger partial charge in [0, 0.05) is 49.0 Å². The zero-order valence-electron chi connectivity index (χ0n) is 15.5. The number of benzene rings is 1. The first-order valence-corrected chi connectivity index (χ1v) is 10.8. The molecule has 1 saturated heterocycles. The first-order chi connectivity index (χ1) is 13.4. The maximum Gasteiger partial charge on any atom is 0.137 e. The molecule has 1 aromatic carbocycles. The van der Waals surface area contributed by atoms with Gasteiger partial charge in [-0.3, -0.25) is 4.90 Å². The van der Waals surface area contributed by atoms with Crippen molar-refractivity contribution < 1.29 is 4.74 Å². The Bertz CT molecular complexity index is 917. The summed E-state index contributed by atoms with van der Waals surface area (Å²) in [5.74, 6) is 1.15. The number of anilines is 1. The zero-order valence-corrected chi connectivity index (χ0v) is 16.3. The van der Waals surface area contributed by atoms with Gasteiger partial charge in [0.15, 0.2) is 0 Å². The molecule has 5 rings (SSSR count). The van der Waals surface area contributed by atoms with Gasteiger partial charge in [-0.2, -0.15) is 0 Å². The highest BCUT2D eigenvalue weighted by Crippen LogP contribution is 2.31. The number of hydrogen-bond donors (Lipinski definition) is 0. The third kappa shape index (κ3) is 3.47. The summed E-state index contributed by atoms with van der Waals surface area (Å²) in [6.45, 7) is 6.23. The minimum atomic E-state index is 0.259. The highest BCUT2D eigenvalue weighted by molar-refractivity contribution is 7.17. The van der Waals surface area contributed by atoms with Crippen molar-refractivity contribution in [2.24, 2.45) is 0 Å². The molecule has 1 atom stereocenters. The molecule has 140 valence electrons. The molecule has 3 aromatic rings. The number of ether oxygens (including phenoxy) is 1. The second kappa shape index (κ2) is 7.58. The van der Waals surface area contributed by atoms with Gasteiger partial charge in [0.1, 0.15) is 5.82 Å². The molecule has 2 aliphatic heterocycles. The fourth-order valence-electron chi connectivity index (χ4n) is 4.33. The molecule has 0 radical (unpaired) electrons. The van der Waals surface area contributed by atoms with Crippen LogP contribution in [0.3, 0.4) is 0 Å². The average molecular weight is 380 g/mol. The Morgan fingerprint density at radius 1 is 1.07 bits per heavy atom. The lowest BCUT2D eigenvalue weighted by molar-refractivity contribution is 0.0289. The molecule has 27 heavy (non-hydrogen) atoms.